The van der Waals surface area contributed by atoms with Gasteiger partial charge in [-0.3, -0.25) is 14.4 Å². The second-order valence-electron chi connectivity index (χ2n) is 14.9. The van der Waals surface area contributed by atoms with E-state index in [1.54, 1.807) is 0 Å². The summed E-state index contributed by atoms with van der Waals surface area (Å²) in [4.78, 5) is 38.7. The zero-order chi connectivity index (χ0) is 37.6. The number of amides is 3. The average molecular weight is 710 g/mol. The monoisotopic (exact) mass is 710 g/mol. The molecule has 0 bridgehead atoms. The van der Waals surface area contributed by atoms with Gasteiger partial charge in [-0.15, -0.1) is 0 Å². The zero-order valence-corrected chi connectivity index (χ0v) is 34.6. The van der Waals surface area contributed by atoms with E-state index in [9.17, 15) is 14.4 Å². The van der Waals surface area contributed by atoms with Crippen molar-refractivity contribution in [2.75, 3.05) is 19.8 Å². The molecule has 0 aromatic rings. The Morgan fingerprint density at radius 1 is 0.520 bits per heavy atom. The van der Waals surface area contributed by atoms with Crippen LogP contribution in [0.3, 0.4) is 0 Å². The molecule has 0 aliphatic heterocycles. The molecule has 0 aromatic heterocycles. The molecular formula is C43H87N3O4. The van der Waals surface area contributed by atoms with Crippen molar-refractivity contribution in [3.05, 3.63) is 0 Å². The van der Waals surface area contributed by atoms with Gasteiger partial charge in [0.05, 0.1) is 12.1 Å². The second kappa shape index (κ2) is 38.6. The van der Waals surface area contributed by atoms with E-state index in [4.69, 9.17) is 4.74 Å². The highest BCUT2D eigenvalue weighted by atomic mass is 16.5. The number of hydrogen-bond donors (Lipinski definition) is 3. The zero-order valence-electron chi connectivity index (χ0n) is 34.6. The van der Waals surface area contributed by atoms with Gasteiger partial charge in [-0.1, -0.05) is 182 Å². The summed E-state index contributed by atoms with van der Waals surface area (Å²) in [6.07, 6.45) is 33.7. The molecule has 3 N–H and O–H groups in total. The summed E-state index contributed by atoms with van der Waals surface area (Å²) < 4.78 is 5.53. The molecule has 0 aliphatic rings. The van der Waals surface area contributed by atoms with Crippen LogP contribution in [0.25, 0.3) is 0 Å². The number of carbonyl (C=O) groups excluding carboxylic acids is 3. The Balaban J connectivity index is 0. The van der Waals surface area contributed by atoms with E-state index in [-0.39, 0.29) is 24.3 Å². The first-order chi connectivity index (χ1) is 24.3. The Bertz CT molecular complexity index is 758. The highest BCUT2D eigenvalue weighted by Gasteiger charge is 2.27. The summed E-state index contributed by atoms with van der Waals surface area (Å²) in [7, 11) is 0. The van der Waals surface area contributed by atoms with Crippen LogP contribution >= 0.6 is 0 Å². The fraction of sp³-hybridized carbons (Fsp3) is 0.930. The highest BCUT2D eigenvalue weighted by Crippen LogP contribution is 2.14. The molecular weight excluding hydrogens is 622 g/mol. The van der Waals surface area contributed by atoms with Gasteiger partial charge in [0, 0.05) is 26.0 Å². The third-order valence-corrected chi connectivity index (χ3v) is 9.30. The summed E-state index contributed by atoms with van der Waals surface area (Å²) in [6.45, 7) is 15.3. The molecule has 0 rings (SSSR count). The van der Waals surface area contributed by atoms with Crippen LogP contribution in [0.1, 0.15) is 228 Å². The minimum absolute atomic E-state index is 0.0600. The summed E-state index contributed by atoms with van der Waals surface area (Å²) in [5, 5.41) is 8.82. The van der Waals surface area contributed by atoms with Gasteiger partial charge in [0.1, 0.15) is 6.04 Å². The maximum atomic E-state index is 13.2. The lowest BCUT2D eigenvalue weighted by atomic mass is 10.0. The molecule has 0 saturated carbocycles. The predicted molar refractivity (Wildman–Crippen MR) is 216 cm³/mol. The van der Waals surface area contributed by atoms with Crippen molar-refractivity contribution in [1.82, 2.24) is 16.0 Å². The van der Waals surface area contributed by atoms with Crippen molar-refractivity contribution < 1.29 is 19.1 Å². The van der Waals surface area contributed by atoms with Crippen LogP contribution in [0.4, 0.5) is 0 Å². The molecule has 0 fully saturated rings. The molecule has 1 unspecified atom stereocenters. The molecule has 1 atom stereocenters. The molecule has 0 spiro atoms. The topological polar surface area (TPSA) is 96.5 Å². The fourth-order valence-electron chi connectivity index (χ4n) is 6.20. The molecule has 3 amide bonds. The largest absolute Gasteiger partial charge is 0.379 e. The van der Waals surface area contributed by atoms with Gasteiger partial charge in [-0.05, 0) is 33.6 Å². The van der Waals surface area contributed by atoms with Crippen LogP contribution in [0, 0.1) is 0 Å². The molecule has 298 valence electrons. The van der Waals surface area contributed by atoms with E-state index in [1.165, 1.54) is 135 Å². The standard InChI is InChI=1S/C41H81N3O4.C2H6/c1-6-9-11-13-15-17-19-21-23-25-27-29-31-33-38(45)42-35-37(40(47)44-41(4,5)36-48-8-3)43-39(46)34-32-30-28-26-24-22-20-18-16-14-12-10-7-2;1-2/h37H,6-36H2,1-5H3,(H,42,45)(H,43,46)(H,44,47);1-2H3. The Kier molecular flexibility index (Phi) is 39.0. The van der Waals surface area contributed by atoms with Gasteiger partial charge < -0.3 is 20.7 Å². The number of unbranched alkanes of at least 4 members (excludes halogenated alkanes) is 24. The predicted octanol–water partition coefficient (Wildman–Crippen LogP) is 11.5. The van der Waals surface area contributed by atoms with Crippen molar-refractivity contribution in [3.8, 4) is 0 Å². The number of rotatable bonds is 36. The summed E-state index contributed by atoms with van der Waals surface area (Å²) >= 11 is 0. The highest BCUT2D eigenvalue weighted by molar-refractivity contribution is 5.89. The van der Waals surface area contributed by atoms with Crippen LogP contribution < -0.4 is 16.0 Å². The third-order valence-electron chi connectivity index (χ3n) is 9.30. The Labute approximate surface area is 311 Å². The molecule has 0 aliphatic carbocycles. The Morgan fingerprint density at radius 3 is 1.22 bits per heavy atom. The molecule has 0 heterocycles. The maximum absolute atomic E-state index is 13.2. The Morgan fingerprint density at radius 2 is 0.860 bits per heavy atom. The number of hydrogen-bond acceptors (Lipinski definition) is 4. The van der Waals surface area contributed by atoms with Crippen LogP contribution in [-0.4, -0.2) is 49.1 Å². The lowest BCUT2D eigenvalue weighted by Crippen LogP contribution is -2.58. The molecule has 0 aromatic carbocycles. The third kappa shape index (κ3) is 36.2. The van der Waals surface area contributed by atoms with Crippen molar-refractivity contribution in [3.63, 3.8) is 0 Å². The van der Waals surface area contributed by atoms with Crippen molar-refractivity contribution >= 4 is 17.7 Å². The SMILES string of the molecule is CC.CCCCCCCCCCCCCCCC(=O)NCC(NC(=O)CCCCCCCCCCCCCCC)C(=O)NC(C)(C)COCC. The first kappa shape index (κ1) is 50.5. The van der Waals surface area contributed by atoms with E-state index in [2.05, 4.69) is 29.8 Å². The van der Waals surface area contributed by atoms with Crippen molar-refractivity contribution in [1.29, 1.82) is 0 Å². The van der Waals surface area contributed by atoms with Gasteiger partial charge >= 0.3 is 0 Å². The van der Waals surface area contributed by atoms with Crippen LogP contribution in [0.5, 0.6) is 0 Å². The van der Waals surface area contributed by atoms with Gasteiger partial charge in [0.2, 0.25) is 17.7 Å². The van der Waals surface area contributed by atoms with E-state index in [1.807, 2.05) is 34.6 Å². The molecule has 0 radical (unpaired) electrons. The van der Waals surface area contributed by atoms with Gasteiger partial charge in [-0.25, -0.2) is 0 Å². The molecule has 7 heteroatoms. The van der Waals surface area contributed by atoms with Crippen LogP contribution in [0.15, 0.2) is 0 Å². The smallest absolute Gasteiger partial charge is 0.244 e. The van der Waals surface area contributed by atoms with Crippen LogP contribution in [-0.2, 0) is 19.1 Å². The summed E-state index contributed by atoms with van der Waals surface area (Å²) in [6, 6.07) is -0.809. The van der Waals surface area contributed by atoms with Gasteiger partial charge in [-0.2, -0.15) is 0 Å². The first-order valence-electron chi connectivity index (χ1n) is 21.7. The fourth-order valence-corrected chi connectivity index (χ4v) is 6.20. The van der Waals surface area contributed by atoms with E-state index in [0.29, 0.717) is 26.1 Å². The van der Waals surface area contributed by atoms with Gasteiger partial charge in [0.25, 0.3) is 0 Å². The molecule has 0 saturated heterocycles. The number of carbonyl (C=O) groups is 3. The van der Waals surface area contributed by atoms with E-state index in [0.717, 1.165) is 32.1 Å². The van der Waals surface area contributed by atoms with Gasteiger partial charge in [0.15, 0.2) is 0 Å². The molecule has 50 heavy (non-hydrogen) atoms. The normalized spacial score (nSPS) is 11.8. The Hall–Kier alpha value is -1.63. The summed E-state index contributed by atoms with van der Waals surface area (Å²) in [5.41, 5.74) is -0.580. The number of nitrogens with one attached hydrogen (secondary N) is 3. The second-order valence-corrected chi connectivity index (χ2v) is 14.9. The minimum atomic E-state index is -0.809. The average Bonchev–Trinajstić information content (AvgIpc) is 3.10. The number of ether oxygens (including phenoxy) is 1. The van der Waals surface area contributed by atoms with Crippen molar-refractivity contribution in [2.45, 2.75) is 240 Å². The summed E-state index contributed by atoms with van der Waals surface area (Å²) in [5.74, 6) is -0.485. The molecule has 7 nitrogen and oxygen atoms in total. The van der Waals surface area contributed by atoms with Crippen LogP contribution in [0.2, 0.25) is 0 Å². The van der Waals surface area contributed by atoms with E-state index < -0.39 is 11.6 Å². The lowest BCUT2D eigenvalue weighted by molar-refractivity contribution is -0.131. The lowest BCUT2D eigenvalue weighted by Gasteiger charge is -2.29. The maximum Gasteiger partial charge on any atom is 0.244 e. The quantitative estimate of drug-likeness (QED) is 0.0564. The first-order valence-corrected chi connectivity index (χ1v) is 21.7. The minimum Gasteiger partial charge on any atom is -0.379 e. The van der Waals surface area contributed by atoms with Crippen molar-refractivity contribution in [2.24, 2.45) is 0 Å². The van der Waals surface area contributed by atoms with E-state index >= 15 is 0 Å².